The molecule has 1 amide bonds. The lowest BCUT2D eigenvalue weighted by atomic mass is 9.92. The molecule has 4 aromatic heterocycles. The van der Waals surface area contributed by atoms with Gasteiger partial charge in [0.05, 0.1) is 40.9 Å². The van der Waals surface area contributed by atoms with Crippen molar-refractivity contribution in [1.29, 1.82) is 0 Å². The number of carbonyl (C=O) groups excluding carboxylic acids is 1. The molecule has 0 spiro atoms. The van der Waals surface area contributed by atoms with E-state index >= 15 is 0 Å². The van der Waals surface area contributed by atoms with Crippen LogP contribution < -0.4 is 10.9 Å². The van der Waals surface area contributed by atoms with Crippen LogP contribution in [-0.4, -0.2) is 45.6 Å². The van der Waals surface area contributed by atoms with Crippen LogP contribution in [0.1, 0.15) is 69.1 Å². The first-order chi connectivity index (χ1) is 20.5. The maximum atomic E-state index is 13.9. The van der Waals surface area contributed by atoms with Crippen molar-refractivity contribution in [2.45, 2.75) is 57.5 Å². The molecule has 1 aliphatic rings. The molecule has 2 unspecified atom stereocenters. The van der Waals surface area contributed by atoms with Gasteiger partial charge in [-0.1, -0.05) is 36.7 Å². The molecule has 4 atom stereocenters. The average molecular weight is 632 g/mol. The number of aromatic nitrogens is 7. The van der Waals surface area contributed by atoms with Gasteiger partial charge < -0.3 is 9.88 Å². The van der Waals surface area contributed by atoms with E-state index in [1.807, 2.05) is 26.0 Å². The van der Waals surface area contributed by atoms with Crippen LogP contribution >= 0.6 is 23.2 Å². The highest BCUT2D eigenvalue weighted by atomic mass is 35.5. The molecule has 0 radical (unpaired) electrons. The van der Waals surface area contributed by atoms with Crippen molar-refractivity contribution >= 4 is 40.4 Å². The van der Waals surface area contributed by atoms with E-state index in [1.54, 1.807) is 47.6 Å². The molecule has 5 heterocycles. The first-order valence-electron chi connectivity index (χ1n) is 13.7. The van der Waals surface area contributed by atoms with E-state index in [2.05, 4.69) is 25.7 Å². The van der Waals surface area contributed by atoms with Crippen molar-refractivity contribution in [2.75, 3.05) is 5.32 Å². The maximum Gasteiger partial charge on any atom is 0.333 e. The monoisotopic (exact) mass is 630 g/mol. The lowest BCUT2D eigenvalue weighted by molar-refractivity contribution is -0.119. The molecule has 1 aliphatic heterocycles. The zero-order valence-corrected chi connectivity index (χ0v) is 25.4. The van der Waals surface area contributed by atoms with Crippen molar-refractivity contribution in [3.05, 3.63) is 81.4 Å². The fraction of sp³-hybridized carbons (Fsp3) is 0.379. The first kappa shape index (κ1) is 30.6. The number of nitrogens with one attached hydrogen (secondary N) is 1. The Balaban J connectivity index is 1.62. The van der Waals surface area contributed by atoms with Crippen molar-refractivity contribution < 1.29 is 13.6 Å². The van der Waals surface area contributed by atoms with Gasteiger partial charge in [-0.25, -0.2) is 9.36 Å². The van der Waals surface area contributed by atoms with E-state index in [0.717, 1.165) is 0 Å². The largest absolute Gasteiger partial charge is 0.333 e. The molecule has 0 fully saturated rings. The Hall–Kier alpha value is -3.90. The SMILES string of the molecule is CC(Cl)[C@@H](C(C)c1ccc(/C2=C/CC[C@@H](C)C(=O)Nc3cnn(C(F)F)c3-c3ccnc2c3)c(=O)n1C)n1cc(Cl)nn1. The summed E-state index contributed by atoms with van der Waals surface area (Å²) in [5.41, 5.74) is 2.35. The lowest BCUT2D eigenvalue weighted by Crippen LogP contribution is -2.30. The van der Waals surface area contributed by atoms with Crippen LogP contribution in [0.5, 0.6) is 0 Å². The second-order valence-corrected chi connectivity index (χ2v) is 11.7. The van der Waals surface area contributed by atoms with Gasteiger partial charge in [0, 0.05) is 47.5 Å². The Morgan fingerprint density at radius 2 is 1.93 bits per heavy atom. The number of allylic oxidation sites excluding steroid dienone is 1. The fourth-order valence-electron chi connectivity index (χ4n) is 5.56. The second-order valence-electron chi connectivity index (χ2n) is 10.7. The summed E-state index contributed by atoms with van der Waals surface area (Å²) in [6.45, 7) is 2.61. The zero-order valence-electron chi connectivity index (χ0n) is 23.9. The molecule has 14 heteroatoms. The zero-order chi connectivity index (χ0) is 31.0. The molecule has 0 aliphatic carbocycles. The van der Waals surface area contributed by atoms with Crippen LogP contribution in [0.25, 0.3) is 16.8 Å². The number of fused-ring (bicyclic) bond motifs is 4. The number of halogens is 4. The molecule has 1 N–H and O–H groups in total. The highest BCUT2D eigenvalue weighted by Gasteiger charge is 2.29. The predicted molar refractivity (Wildman–Crippen MR) is 160 cm³/mol. The van der Waals surface area contributed by atoms with Gasteiger partial charge >= 0.3 is 6.55 Å². The molecule has 43 heavy (non-hydrogen) atoms. The van der Waals surface area contributed by atoms with Crippen molar-refractivity contribution in [1.82, 2.24) is 34.3 Å². The van der Waals surface area contributed by atoms with E-state index in [-0.39, 0.29) is 45.3 Å². The number of nitrogens with zero attached hydrogens (tertiary/aromatic N) is 7. The molecule has 5 rings (SSSR count). The van der Waals surface area contributed by atoms with Crippen LogP contribution in [0, 0.1) is 5.92 Å². The van der Waals surface area contributed by atoms with Crippen LogP contribution in [0.2, 0.25) is 5.15 Å². The third kappa shape index (κ3) is 5.98. The molecule has 0 aromatic carbocycles. The molecular weight excluding hydrogens is 601 g/mol. The summed E-state index contributed by atoms with van der Waals surface area (Å²) in [5, 5.41) is 14.4. The highest BCUT2D eigenvalue weighted by Crippen LogP contribution is 2.36. The van der Waals surface area contributed by atoms with E-state index < -0.39 is 12.5 Å². The van der Waals surface area contributed by atoms with Crippen molar-refractivity contribution in [3.8, 4) is 11.3 Å². The van der Waals surface area contributed by atoms with Gasteiger partial charge in [0.25, 0.3) is 5.56 Å². The quantitative estimate of drug-likeness (QED) is 0.259. The van der Waals surface area contributed by atoms with Crippen molar-refractivity contribution in [2.24, 2.45) is 13.0 Å². The first-order valence-corrected chi connectivity index (χ1v) is 14.5. The molecule has 10 nitrogen and oxygen atoms in total. The smallest absolute Gasteiger partial charge is 0.323 e. The number of rotatable bonds is 6. The number of alkyl halides is 3. The van der Waals surface area contributed by atoms with Gasteiger partial charge in [-0.05, 0) is 44.0 Å². The molecule has 226 valence electrons. The van der Waals surface area contributed by atoms with Gasteiger partial charge in [0.15, 0.2) is 5.15 Å². The van der Waals surface area contributed by atoms with E-state index in [4.69, 9.17) is 23.2 Å². The molecular formula is C29H30Cl2F2N8O2. The molecule has 2 bridgehead atoms. The number of carbonyl (C=O) groups is 1. The second kappa shape index (κ2) is 12.4. The van der Waals surface area contributed by atoms with Gasteiger partial charge in [-0.3, -0.25) is 14.6 Å². The van der Waals surface area contributed by atoms with E-state index in [9.17, 15) is 18.4 Å². The molecule has 4 aromatic rings. The average Bonchev–Trinajstić information content (AvgIpc) is 3.58. The number of anilines is 1. The van der Waals surface area contributed by atoms with Crippen LogP contribution in [0.3, 0.4) is 0 Å². The Labute approximate surface area is 256 Å². The topological polar surface area (TPSA) is 113 Å². The Morgan fingerprint density at radius 3 is 2.60 bits per heavy atom. The lowest BCUT2D eigenvalue weighted by Gasteiger charge is -2.28. The summed E-state index contributed by atoms with van der Waals surface area (Å²) in [7, 11) is 1.68. The normalized spacial score (nSPS) is 19.0. The summed E-state index contributed by atoms with van der Waals surface area (Å²) in [6.07, 6.45) is 7.08. The third-order valence-corrected chi connectivity index (χ3v) is 8.25. The number of hydrogen-bond acceptors (Lipinski definition) is 6. The number of amides is 1. The summed E-state index contributed by atoms with van der Waals surface area (Å²) in [6, 6.07) is 6.42. The third-order valence-electron chi connectivity index (χ3n) is 7.81. The Morgan fingerprint density at radius 1 is 1.16 bits per heavy atom. The van der Waals surface area contributed by atoms with Crippen molar-refractivity contribution in [3.63, 3.8) is 0 Å². The maximum absolute atomic E-state index is 13.9. The summed E-state index contributed by atoms with van der Waals surface area (Å²) in [5.74, 6) is -1.00. The Bertz CT molecular complexity index is 1750. The minimum atomic E-state index is -2.94. The summed E-state index contributed by atoms with van der Waals surface area (Å²) < 4.78 is 31.6. The number of pyridine rings is 2. The number of hydrogen-bond donors (Lipinski definition) is 1. The Kier molecular flexibility index (Phi) is 8.79. The predicted octanol–water partition coefficient (Wildman–Crippen LogP) is 6.06. The molecule has 0 saturated carbocycles. The standard InChI is InChI=1S/C29H30Cl2F2N8O2/c1-15-6-5-7-19(21-12-18(10-11-34-21)26-22(36-27(15)42)13-35-41(26)29(32)33)20-8-9-23(39(4)28(20)43)16(2)25(17(3)30)40-14-24(31)37-38-40/h7-17,25,29H,5-6H2,1-4H3,(H,36,42)/b19-7-/t15-,16?,17?,25-/m1/s1. The van der Waals surface area contributed by atoms with Gasteiger partial charge in [0.2, 0.25) is 5.91 Å². The van der Waals surface area contributed by atoms with Gasteiger partial charge in [-0.15, -0.1) is 16.7 Å². The minimum Gasteiger partial charge on any atom is -0.323 e. The highest BCUT2D eigenvalue weighted by molar-refractivity contribution is 6.29. The van der Waals surface area contributed by atoms with Crippen LogP contribution in [0.4, 0.5) is 14.5 Å². The fourth-order valence-corrected chi connectivity index (χ4v) is 6.02. The van der Waals surface area contributed by atoms with Crippen LogP contribution in [0.15, 0.2) is 53.7 Å². The van der Waals surface area contributed by atoms with Gasteiger partial charge in [0.1, 0.15) is 0 Å². The molecule has 0 saturated heterocycles. The van der Waals surface area contributed by atoms with Crippen LogP contribution in [-0.2, 0) is 11.8 Å². The summed E-state index contributed by atoms with van der Waals surface area (Å²) >= 11 is 12.6. The summed E-state index contributed by atoms with van der Waals surface area (Å²) in [4.78, 5) is 31.4. The van der Waals surface area contributed by atoms with E-state index in [0.29, 0.717) is 45.6 Å². The van der Waals surface area contributed by atoms with E-state index in [1.165, 1.54) is 12.4 Å². The minimum absolute atomic E-state index is 0.0469. The van der Waals surface area contributed by atoms with Gasteiger partial charge in [-0.2, -0.15) is 13.9 Å².